The molecule has 0 atom stereocenters. The number of nitrogens with one attached hydrogen (secondary N) is 2. The molecule has 0 aromatic heterocycles. The summed E-state index contributed by atoms with van der Waals surface area (Å²) in [6.07, 6.45) is 6.89. The molecule has 7 heteroatoms. The maximum absolute atomic E-state index is 12.7. The fraction of sp³-hybridized carbons (Fsp3) is 0.632. The van der Waals surface area contributed by atoms with Gasteiger partial charge in [-0.3, -0.25) is 0 Å². The van der Waals surface area contributed by atoms with E-state index in [4.69, 9.17) is 0 Å². The van der Waals surface area contributed by atoms with Gasteiger partial charge < -0.3 is 10.4 Å². The number of carbonyl (C=O) groups is 1. The molecule has 1 fully saturated rings. The van der Waals surface area contributed by atoms with Crippen LogP contribution in [-0.4, -0.2) is 32.1 Å². The van der Waals surface area contributed by atoms with Crippen molar-refractivity contribution in [1.29, 1.82) is 0 Å². The van der Waals surface area contributed by atoms with E-state index in [1.165, 1.54) is 12.1 Å². The summed E-state index contributed by atoms with van der Waals surface area (Å²) in [7, 11) is -3.72. The van der Waals surface area contributed by atoms with Crippen LogP contribution in [0.1, 0.15) is 69.2 Å². The van der Waals surface area contributed by atoms with Crippen molar-refractivity contribution in [1.82, 2.24) is 4.72 Å². The Bertz CT molecular complexity index is 708. The van der Waals surface area contributed by atoms with Crippen molar-refractivity contribution >= 4 is 21.7 Å². The molecule has 1 aromatic rings. The van der Waals surface area contributed by atoms with Crippen LogP contribution in [0.25, 0.3) is 0 Å². The Labute approximate surface area is 156 Å². The first kappa shape index (κ1) is 20.7. The predicted octanol–water partition coefficient (Wildman–Crippen LogP) is 3.84. The Hall–Kier alpha value is -1.60. The minimum absolute atomic E-state index is 0.00792. The molecule has 2 rings (SSSR count). The average Bonchev–Trinajstić information content (AvgIpc) is 2.82. The van der Waals surface area contributed by atoms with Gasteiger partial charge in [-0.2, -0.15) is 0 Å². The van der Waals surface area contributed by atoms with E-state index in [2.05, 4.69) is 23.9 Å². The summed E-state index contributed by atoms with van der Waals surface area (Å²) in [4.78, 5) is 11.6. The number of carboxylic acid groups (broad SMARTS) is 1. The number of hydrogen-bond donors (Lipinski definition) is 3. The van der Waals surface area contributed by atoms with E-state index in [0.717, 1.165) is 44.9 Å². The van der Waals surface area contributed by atoms with Crippen LogP contribution in [0.3, 0.4) is 0 Å². The molecule has 6 nitrogen and oxygen atoms in total. The Morgan fingerprint density at radius 1 is 1.19 bits per heavy atom. The summed E-state index contributed by atoms with van der Waals surface area (Å²) < 4.78 is 28.1. The zero-order valence-corrected chi connectivity index (χ0v) is 16.4. The first-order valence-corrected chi connectivity index (χ1v) is 10.9. The molecule has 3 N–H and O–H groups in total. The number of benzene rings is 1. The summed E-state index contributed by atoms with van der Waals surface area (Å²) in [5, 5.41) is 12.6. The Morgan fingerprint density at radius 3 is 2.42 bits per heavy atom. The van der Waals surface area contributed by atoms with Crippen molar-refractivity contribution in [3.8, 4) is 0 Å². The molecular weight excluding hydrogens is 352 g/mol. The molecule has 26 heavy (non-hydrogen) atoms. The maximum Gasteiger partial charge on any atom is 0.337 e. The summed E-state index contributed by atoms with van der Waals surface area (Å²) >= 11 is 0. The second-order valence-corrected chi connectivity index (χ2v) is 9.15. The van der Waals surface area contributed by atoms with Gasteiger partial charge in [0.15, 0.2) is 0 Å². The lowest BCUT2D eigenvalue weighted by Gasteiger charge is -2.17. The topological polar surface area (TPSA) is 95.5 Å². The van der Waals surface area contributed by atoms with Crippen molar-refractivity contribution < 1.29 is 18.3 Å². The number of sulfonamides is 1. The van der Waals surface area contributed by atoms with E-state index in [1.54, 1.807) is 6.07 Å². The summed E-state index contributed by atoms with van der Waals surface area (Å²) in [5.41, 5.74) is 0.434. The third kappa shape index (κ3) is 5.99. The standard InChI is InChI=1S/C19H30N2O4S/c1-14(2)11-12-20-18-10-9-16(13-17(18)19(22)23)26(24,25)21-15-7-5-3-4-6-8-15/h9-10,13-15,20-21H,3-8,11-12H2,1-2H3,(H,22,23). The molecule has 0 unspecified atom stereocenters. The van der Waals surface area contributed by atoms with Gasteiger partial charge in [0.05, 0.1) is 10.5 Å². The monoisotopic (exact) mass is 382 g/mol. The minimum atomic E-state index is -3.72. The van der Waals surface area contributed by atoms with E-state index in [9.17, 15) is 18.3 Å². The van der Waals surface area contributed by atoms with Crippen molar-refractivity contribution in [3.05, 3.63) is 23.8 Å². The normalized spacial score (nSPS) is 16.4. The second-order valence-electron chi connectivity index (χ2n) is 7.43. The SMILES string of the molecule is CC(C)CCNc1ccc(S(=O)(=O)NC2CCCCCC2)cc1C(=O)O. The predicted molar refractivity (Wildman–Crippen MR) is 103 cm³/mol. The van der Waals surface area contributed by atoms with Crippen LogP contribution in [0, 0.1) is 5.92 Å². The van der Waals surface area contributed by atoms with Crippen LogP contribution < -0.4 is 10.0 Å². The van der Waals surface area contributed by atoms with Gasteiger partial charge in [0.1, 0.15) is 0 Å². The third-order valence-electron chi connectivity index (χ3n) is 4.75. The smallest absolute Gasteiger partial charge is 0.337 e. The Kier molecular flexibility index (Phi) is 7.46. The minimum Gasteiger partial charge on any atom is -0.478 e. The number of carboxylic acids is 1. The van der Waals surface area contributed by atoms with E-state index >= 15 is 0 Å². The van der Waals surface area contributed by atoms with E-state index in [1.807, 2.05) is 0 Å². The molecule has 0 heterocycles. The molecule has 0 radical (unpaired) electrons. The van der Waals surface area contributed by atoms with Gasteiger partial charge in [0.25, 0.3) is 0 Å². The Balaban J connectivity index is 2.17. The summed E-state index contributed by atoms with van der Waals surface area (Å²) in [6.45, 7) is 4.83. The van der Waals surface area contributed by atoms with E-state index in [-0.39, 0.29) is 16.5 Å². The first-order valence-electron chi connectivity index (χ1n) is 9.43. The van der Waals surface area contributed by atoms with Crippen LogP contribution in [0.4, 0.5) is 5.69 Å². The largest absolute Gasteiger partial charge is 0.478 e. The van der Waals surface area contributed by atoms with E-state index in [0.29, 0.717) is 18.2 Å². The molecule has 0 spiro atoms. The van der Waals surface area contributed by atoms with Gasteiger partial charge in [-0.05, 0) is 43.4 Å². The lowest BCUT2D eigenvalue weighted by atomic mass is 10.1. The molecule has 0 bridgehead atoms. The number of anilines is 1. The zero-order chi connectivity index (χ0) is 19.2. The van der Waals surface area contributed by atoms with Crippen LogP contribution in [-0.2, 0) is 10.0 Å². The highest BCUT2D eigenvalue weighted by atomic mass is 32.2. The molecular formula is C19H30N2O4S. The fourth-order valence-corrected chi connectivity index (χ4v) is 4.53. The van der Waals surface area contributed by atoms with E-state index < -0.39 is 16.0 Å². The number of aromatic carboxylic acids is 1. The van der Waals surface area contributed by atoms with Gasteiger partial charge in [-0.1, -0.05) is 39.5 Å². The molecule has 0 amide bonds. The van der Waals surface area contributed by atoms with Crippen LogP contribution in [0.2, 0.25) is 0 Å². The highest BCUT2D eigenvalue weighted by Crippen LogP contribution is 2.23. The zero-order valence-electron chi connectivity index (χ0n) is 15.6. The molecule has 146 valence electrons. The quantitative estimate of drug-likeness (QED) is 0.594. The lowest BCUT2D eigenvalue weighted by Crippen LogP contribution is -2.34. The third-order valence-corrected chi connectivity index (χ3v) is 6.26. The van der Waals surface area contributed by atoms with Crippen molar-refractivity contribution in [2.24, 2.45) is 5.92 Å². The van der Waals surface area contributed by atoms with Crippen molar-refractivity contribution in [2.75, 3.05) is 11.9 Å². The van der Waals surface area contributed by atoms with Gasteiger partial charge in [0.2, 0.25) is 10.0 Å². The van der Waals surface area contributed by atoms with Crippen molar-refractivity contribution in [3.63, 3.8) is 0 Å². The molecule has 1 aliphatic rings. The van der Waals surface area contributed by atoms with Crippen molar-refractivity contribution in [2.45, 2.75) is 69.7 Å². The summed E-state index contributed by atoms with van der Waals surface area (Å²) in [6, 6.07) is 4.20. The maximum atomic E-state index is 12.7. The molecule has 1 aromatic carbocycles. The number of rotatable bonds is 8. The molecule has 1 saturated carbocycles. The van der Waals surface area contributed by atoms with Gasteiger partial charge >= 0.3 is 5.97 Å². The Morgan fingerprint density at radius 2 is 1.85 bits per heavy atom. The van der Waals surface area contributed by atoms with Crippen LogP contribution in [0.15, 0.2) is 23.1 Å². The van der Waals surface area contributed by atoms with Gasteiger partial charge in [-0.25, -0.2) is 17.9 Å². The first-order chi connectivity index (χ1) is 12.3. The average molecular weight is 383 g/mol. The van der Waals surface area contributed by atoms with Crippen LogP contribution in [0.5, 0.6) is 0 Å². The number of hydrogen-bond acceptors (Lipinski definition) is 4. The van der Waals surface area contributed by atoms with Crippen LogP contribution >= 0.6 is 0 Å². The lowest BCUT2D eigenvalue weighted by molar-refractivity contribution is 0.0697. The van der Waals surface area contributed by atoms with Gasteiger partial charge in [0, 0.05) is 18.3 Å². The molecule has 0 aliphatic heterocycles. The molecule has 0 saturated heterocycles. The van der Waals surface area contributed by atoms with Gasteiger partial charge in [-0.15, -0.1) is 0 Å². The second kappa shape index (κ2) is 9.37. The molecule has 1 aliphatic carbocycles. The summed E-state index contributed by atoms with van der Waals surface area (Å²) in [5.74, 6) is -0.636. The fourth-order valence-electron chi connectivity index (χ4n) is 3.20. The highest BCUT2D eigenvalue weighted by molar-refractivity contribution is 7.89. The highest BCUT2D eigenvalue weighted by Gasteiger charge is 2.23.